The Hall–Kier alpha value is -2.38. The number of halogens is 2. The molecule has 0 aliphatic carbocycles. The lowest BCUT2D eigenvalue weighted by atomic mass is 10.1. The topological polar surface area (TPSA) is 73.9 Å². The van der Waals surface area contributed by atoms with Crippen LogP contribution in [0.25, 0.3) is 0 Å². The second-order valence-corrected chi connectivity index (χ2v) is 6.95. The van der Waals surface area contributed by atoms with Crippen LogP contribution in [0.3, 0.4) is 0 Å². The molecule has 0 bridgehead atoms. The first-order valence-corrected chi connectivity index (χ1v) is 8.25. The molecule has 1 amide bonds. The van der Waals surface area contributed by atoms with E-state index in [0.717, 1.165) is 12.1 Å². The first-order valence-electron chi connectivity index (χ1n) is 8.25. The van der Waals surface area contributed by atoms with Gasteiger partial charge in [-0.3, -0.25) is 0 Å². The largest absolute Gasteiger partial charge is 0.475 e. The maximum Gasteiger partial charge on any atom is 0.407 e. The van der Waals surface area contributed by atoms with Crippen LogP contribution in [0.5, 0.6) is 5.75 Å². The van der Waals surface area contributed by atoms with E-state index in [1.54, 1.807) is 34.6 Å². The average molecular weight is 373 g/mol. The lowest BCUT2D eigenvalue weighted by molar-refractivity contribution is -0.154. The van der Waals surface area contributed by atoms with Crippen molar-refractivity contribution in [2.75, 3.05) is 13.2 Å². The molecule has 0 aliphatic heterocycles. The van der Waals surface area contributed by atoms with Crippen LogP contribution < -0.4 is 10.1 Å². The maximum absolute atomic E-state index is 13.7. The van der Waals surface area contributed by atoms with E-state index in [1.165, 1.54) is 0 Å². The van der Waals surface area contributed by atoms with Gasteiger partial charge in [0.25, 0.3) is 0 Å². The summed E-state index contributed by atoms with van der Waals surface area (Å²) in [6.07, 6.45) is -1.70. The van der Waals surface area contributed by atoms with Crippen molar-refractivity contribution in [3.8, 4) is 5.75 Å². The van der Waals surface area contributed by atoms with Crippen LogP contribution in [-0.4, -0.2) is 36.9 Å². The van der Waals surface area contributed by atoms with Crippen molar-refractivity contribution in [2.24, 2.45) is 5.92 Å². The third-order valence-electron chi connectivity index (χ3n) is 3.00. The average Bonchev–Trinajstić information content (AvgIpc) is 2.48. The molecule has 1 N–H and O–H groups in total. The van der Waals surface area contributed by atoms with Gasteiger partial charge >= 0.3 is 12.1 Å². The Morgan fingerprint density at radius 2 is 1.85 bits per heavy atom. The highest BCUT2D eigenvalue weighted by Gasteiger charge is 2.27. The first kappa shape index (κ1) is 21.7. The zero-order chi connectivity index (χ0) is 19.9. The number of esters is 1. The predicted octanol–water partition coefficient (Wildman–Crippen LogP) is 3.44. The summed E-state index contributed by atoms with van der Waals surface area (Å²) < 4.78 is 42.1. The fraction of sp³-hybridized carbons (Fsp3) is 0.556. The molecule has 146 valence electrons. The second kappa shape index (κ2) is 9.35. The smallest absolute Gasteiger partial charge is 0.407 e. The summed E-state index contributed by atoms with van der Waals surface area (Å²) in [4.78, 5) is 23.6. The standard InChI is InChI=1S/C18H25F2NO5/c1-11(2)15(25-14-7-6-12(19)10-13(14)20)16(22)24-9-8-21-17(23)26-18(3,4)5/h6-7,10-11,15H,8-9H2,1-5H3,(H,21,23)/t15-/m1/s1. The van der Waals surface area contributed by atoms with E-state index in [-0.39, 0.29) is 24.8 Å². The number of amides is 1. The van der Waals surface area contributed by atoms with E-state index < -0.39 is 35.4 Å². The molecule has 0 heterocycles. The SMILES string of the molecule is CC(C)[C@@H](Oc1ccc(F)cc1F)C(=O)OCCNC(=O)OC(C)(C)C. The molecule has 0 radical (unpaired) electrons. The highest BCUT2D eigenvalue weighted by Crippen LogP contribution is 2.21. The van der Waals surface area contributed by atoms with Gasteiger partial charge in [-0.05, 0) is 32.9 Å². The Bertz CT molecular complexity index is 628. The molecule has 0 spiro atoms. The maximum atomic E-state index is 13.7. The molecule has 1 rings (SSSR count). The van der Waals surface area contributed by atoms with Crippen molar-refractivity contribution < 1.29 is 32.6 Å². The van der Waals surface area contributed by atoms with Gasteiger partial charge in [0.1, 0.15) is 18.0 Å². The summed E-state index contributed by atoms with van der Waals surface area (Å²) in [5.74, 6) is -2.92. The van der Waals surface area contributed by atoms with E-state index >= 15 is 0 Å². The minimum atomic E-state index is -1.07. The van der Waals surface area contributed by atoms with Gasteiger partial charge in [-0.15, -0.1) is 0 Å². The van der Waals surface area contributed by atoms with Crippen LogP contribution in [0.1, 0.15) is 34.6 Å². The van der Waals surface area contributed by atoms with Crippen molar-refractivity contribution >= 4 is 12.1 Å². The number of alkyl carbamates (subject to hydrolysis) is 1. The zero-order valence-electron chi connectivity index (χ0n) is 15.6. The third kappa shape index (κ3) is 7.67. The van der Waals surface area contributed by atoms with Gasteiger partial charge in [0.15, 0.2) is 17.7 Å². The normalized spacial score (nSPS) is 12.5. The van der Waals surface area contributed by atoms with E-state index in [0.29, 0.717) is 6.07 Å². The Kier molecular flexibility index (Phi) is 7.79. The number of carbonyl (C=O) groups is 2. The van der Waals surface area contributed by atoms with Gasteiger partial charge in [0, 0.05) is 12.0 Å². The van der Waals surface area contributed by atoms with Crippen molar-refractivity contribution in [2.45, 2.75) is 46.3 Å². The van der Waals surface area contributed by atoms with Crippen LogP contribution in [0.4, 0.5) is 13.6 Å². The number of rotatable bonds is 7. The fourth-order valence-corrected chi connectivity index (χ4v) is 1.86. The number of carbonyl (C=O) groups excluding carboxylic acids is 2. The van der Waals surface area contributed by atoms with Crippen molar-refractivity contribution in [1.82, 2.24) is 5.32 Å². The van der Waals surface area contributed by atoms with Gasteiger partial charge in [-0.1, -0.05) is 13.8 Å². The Morgan fingerprint density at radius 3 is 2.38 bits per heavy atom. The van der Waals surface area contributed by atoms with E-state index in [9.17, 15) is 18.4 Å². The minimum absolute atomic E-state index is 0.0520. The molecular weight excluding hydrogens is 348 g/mol. The van der Waals surface area contributed by atoms with Crippen molar-refractivity contribution in [3.63, 3.8) is 0 Å². The molecule has 6 nitrogen and oxygen atoms in total. The van der Waals surface area contributed by atoms with E-state index in [2.05, 4.69) is 5.32 Å². The van der Waals surface area contributed by atoms with Gasteiger partial charge < -0.3 is 19.5 Å². The minimum Gasteiger partial charge on any atom is -0.475 e. The number of hydrogen-bond donors (Lipinski definition) is 1. The lowest BCUT2D eigenvalue weighted by Crippen LogP contribution is -2.37. The van der Waals surface area contributed by atoms with Crippen LogP contribution in [-0.2, 0) is 14.3 Å². The second-order valence-electron chi connectivity index (χ2n) is 6.95. The Balaban J connectivity index is 2.52. The summed E-state index contributed by atoms with van der Waals surface area (Å²) in [6, 6.07) is 2.81. The number of hydrogen-bond acceptors (Lipinski definition) is 5. The molecule has 26 heavy (non-hydrogen) atoms. The number of ether oxygens (including phenoxy) is 3. The van der Waals surface area contributed by atoms with E-state index in [1.807, 2.05) is 0 Å². The quantitative estimate of drug-likeness (QED) is 0.585. The molecule has 1 aromatic rings. The zero-order valence-corrected chi connectivity index (χ0v) is 15.6. The van der Waals surface area contributed by atoms with Gasteiger partial charge in [0.05, 0.1) is 6.54 Å². The molecule has 0 aliphatic rings. The molecule has 1 atom stereocenters. The van der Waals surface area contributed by atoms with Crippen LogP contribution in [0.15, 0.2) is 18.2 Å². The summed E-state index contributed by atoms with van der Waals surface area (Å²) in [6.45, 7) is 8.54. The molecular formula is C18H25F2NO5. The summed E-state index contributed by atoms with van der Waals surface area (Å²) in [7, 11) is 0. The van der Waals surface area contributed by atoms with Crippen LogP contribution in [0, 0.1) is 17.6 Å². The highest BCUT2D eigenvalue weighted by atomic mass is 19.1. The Morgan fingerprint density at radius 1 is 1.19 bits per heavy atom. The number of benzene rings is 1. The molecule has 0 saturated heterocycles. The van der Waals surface area contributed by atoms with Gasteiger partial charge in [0.2, 0.25) is 0 Å². The molecule has 0 saturated carbocycles. The summed E-state index contributed by atoms with van der Waals surface area (Å²) >= 11 is 0. The van der Waals surface area contributed by atoms with Gasteiger partial charge in [-0.25, -0.2) is 18.4 Å². The molecule has 0 unspecified atom stereocenters. The fourth-order valence-electron chi connectivity index (χ4n) is 1.86. The van der Waals surface area contributed by atoms with Gasteiger partial charge in [-0.2, -0.15) is 0 Å². The lowest BCUT2D eigenvalue weighted by Gasteiger charge is -2.22. The molecule has 0 fully saturated rings. The molecule has 1 aromatic carbocycles. The third-order valence-corrected chi connectivity index (χ3v) is 3.00. The van der Waals surface area contributed by atoms with E-state index in [4.69, 9.17) is 14.2 Å². The number of nitrogens with one attached hydrogen (secondary N) is 1. The first-order chi connectivity index (χ1) is 12.0. The Labute approximate surface area is 151 Å². The molecule has 8 heteroatoms. The van der Waals surface area contributed by atoms with Crippen molar-refractivity contribution in [1.29, 1.82) is 0 Å². The van der Waals surface area contributed by atoms with Crippen molar-refractivity contribution in [3.05, 3.63) is 29.8 Å². The predicted molar refractivity (Wildman–Crippen MR) is 90.8 cm³/mol. The van der Waals surface area contributed by atoms with Crippen LogP contribution >= 0.6 is 0 Å². The summed E-state index contributed by atoms with van der Waals surface area (Å²) in [5.41, 5.74) is -0.628. The monoisotopic (exact) mass is 373 g/mol. The van der Waals surface area contributed by atoms with Crippen LogP contribution in [0.2, 0.25) is 0 Å². The highest BCUT2D eigenvalue weighted by molar-refractivity contribution is 5.75. The summed E-state index contributed by atoms with van der Waals surface area (Å²) in [5, 5.41) is 2.45. The molecule has 0 aromatic heterocycles.